The minimum Gasteiger partial charge on any atom is -0.508 e. The lowest BCUT2D eigenvalue weighted by Gasteiger charge is -2.52. The van der Waals surface area contributed by atoms with Gasteiger partial charge in [0.25, 0.3) is 0 Å². The van der Waals surface area contributed by atoms with Gasteiger partial charge in [0, 0.05) is 0 Å². The summed E-state index contributed by atoms with van der Waals surface area (Å²) in [5.74, 6) is 1.24. The molecule has 0 radical (unpaired) electrons. The van der Waals surface area contributed by atoms with Crippen LogP contribution in [0.25, 0.3) is 0 Å². The average Bonchev–Trinajstić information content (AvgIpc) is 2.26. The standard InChI is InChI=1S/C14H18O/c1-10-6-8-14(10)7-2-3-11-4-5-12(15)9-13(11)14/h4-5,9-10,15H,2-3,6-8H2,1H3. The second-order valence-corrected chi connectivity index (χ2v) is 5.29. The molecule has 3 rings (SSSR count). The van der Waals surface area contributed by atoms with Gasteiger partial charge in [-0.15, -0.1) is 0 Å². The van der Waals surface area contributed by atoms with Crippen LogP contribution in [0, 0.1) is 5.92 Å². The van der Waals surface area contributed by atoms with Gasteiger partial charge in [0.2, 0.25) is 0 Å². The van der Waals surface area contributed by atoms with E-state index in [1.807, 2.05) is 12.1 Å². The zero-order valence-corrected chi connectivity index (χ0v) is 9.29. The molecule has 1 nitrogen and oxygen atoms in total. The lowest BCUT2D eigenvalue weighted by atomic mass is 9.52. The Hall–Kier alpha value is -0.980. The molecule has 15 heavy (non-hydrogen) atoms. The number of aryl methyl sites for hydroxylation is 1. The first kappa shape index (κ1) is 9.26. The van der Waals surface area contributed by atoms with Gasteiger partial charge in [-0.1, -0.05) is 13.0 Å². The highest BCUT2D eigenvalue weighted by molar-refractivity contribution is 5.43. The molecule has 0 bridgehead atoms. The lowest BCUT2D eigenvalue weighted by Crippen LogP contribution is -2.45. The molecule has 0 amide bonds. The maximum absolute atomic E-state index is 9.63. The summed E-state index contributed by atoms with van der Waals surface area (Å²) in [5.41, 5.74) is 3.35. The summed E-state index contributed by atoms with van der Waals surface area (Å²) in [6, 6.07) is 5.97. The van der Waals surface area contributed by atoms with Crippen LogP contribution in [0.2, 0.25) is 0 Å². The van der Waals surface area contributed by atoms with Crippen LogP contribution < -0.4 is 0 Å². The summed E-state index contributed by atoms with van der Waals surface area (Å²) in [4.78, 5) is 0. The fraction of sp³-hybridized carbons (Fsp3) is 0.571. The lowest BCUT2D eigenvalue weighted by molar-refractivity contribution is 0.114. The van der Waals surface area contributed by atoms with Crippen LogP contribution in [0.5, 0.6) is 5.75 Å². The molecule has 1 N–H and O–H groups in total. The van der Waals surface area contributed by atoms with Crippen molar-refractivity contribution in [2.45, 2.75) is 44.4 Å². The number of rotatable bonds is 0. The maximum atomic E-state index is 9.63. The largest absolute Gasteiger partial charge is 0.508 e. The van der Waals surface area contributed by atoms with E-state index < -0.39 is 0 Å². The SMILES string of the molecule is CC1CCC12CCCc1ccc(O)cc12. The molecule has 2 aliphatic carbocycles. The third kappa shape index (κ3) is 1.15. The van der Waals surface area contributed by atoms with Crippen molar-refractivity contribution in [2.75, 3.05) is 0 Å². The van der Waals surface area contributed by atoms with Crippen molar-refractivity contribution < 1.29 is 5.11 Å². The Morgan fingerprint density at radius 2 is 2.20 bits per heavy atom. The van der Waals surface area contributed by atoms with E-state index >= 15 is 0 Å². The molecular weight excluding hydrogens is 184 g/mol. The molecule has 0 saturated heterocycles. The van der Waals surface area contributed by atoms with Gasteiger partial charge in [-0.25, -0.2) is 0 Å². The van der Waals surface area contributed by atoms with Gasteiger partial charge in [-0.2, -0.15) is 0 Å². The van der Waals surface area contributed by atoms with E-state index in [9.17, 15) is 5.11 Å². The molecule has 1 aromatic rings. The second-order valence-electron chi connectivity index (χ2n) is 5.29. The van der Waals surface area contributed by atoms with Crippen molar-refractivity contribution in [1.82, 2.24) is 0 Å². The summed E-state index contributed by atoms with van der Waals surface area (Å²) >= 11 is 0. The molecule has 80 valence electrons. The smallest absolute Gasteiger partial charge is 0.115 e. The quantitative estimate of drug-likeness (QED) is 0.683. The summed E-state index contributed by atoms with van der Waals surface area (Å²) in [6.45, 7) is 2.36. The van der Waals surface area contributed by atoms with E-state index in [-0.39, 0.29) is 0 Å². The Morgan fingerprint density at radius 3 is 2.87 bits per heavy atom. The van der Waals surface area contributed by atoms with Crippen LogP contribution in [-0.4, -0.2) is 5.11 Å². The molecule has 2 atom stereocenters. The Kier molecular flexibility index (Phi) is 1.86. The third-order valence-electron chi connectivity index (χ3n) is 4.67. The number of phenols is 1. The number of aromatic hydroxyl groups is 1. The summed E-state index contributed by atoms with van der Waals surface area (Å²) < 4.78 is 0. The molecule has 1 spiro atoms. The van der Waals surface area contributed by atoms with E-state index in [4.69, 9.17) is 0 Å². The van der Waals surface area contributed by atoms with E-state index in [1.165, 1.54) is 43.2 Å². The second kappa shape index (κ2) is 3.01. The highest BCUT2D eigenvalue weighted by atomic mass is 16.3. The molecule has 2 aliphatic rings. The van der Waals surface area contributed by atoms with E-state index in [0.29, 0.717) is 11.2 Å². The molecular formula is C14H18O. The van der Waals surface area contributed by atoms with Crippen LogP contribution in [0.4, 0.5) is 0 Å². The van der Waals surface area contributed by atoms with E-state index in [0.717, 1.165) is 5.92 Å². The third-order valence-corrected chi connectivity index (χ3v) is 4.67. The van der Waals surface area contributed by atoms with Crippen molar-refractivity contribution in [2.24, 2.45) is 5.92 Å². The number of phenolic OH excluding ortho intramolecular Hbond substituents is 1. The average molecular weight is 202 g/mol. The molecule has 1 fully saturated rings. The monoisotopic (exact) mass is 202 g/mol. The maximum Gasteiger partial charge on any atom is 0.115 e. The predicted molar refractivity (Wildman–Crippen MR) is 61.1 cm³/mol. The van der Waals surface area contributed by atoms with Gasteiger partial charge in [0.05, 0.1) is 0 Å². The Balaban J connectivity index is 2.13. The summed E-state index contributed by atoms with van der Waals surface area (Å²) in [5, 5.41) is 9.63. The summed E-state index contributed by atoms with van der Waals surface area (Å²) in [6.07, 6.45) is 6.52. The Bertz CT molecular complexity index is 396. The zero-order chi connectivity index (χ0) is 10.5. The zero-order valence-electron chi connectivity index (χ0n) is 9.29. The molecule has 0 aliphatic heterocycles. The van der Waals surface area contributed by atoms with Crippen molar-refractivity contribution in [3.63, 3.8) is 0 Å². The molecule has 0 aromatic heterocycles. The van der Waals surface area contributed by atoms with Crippen molar-refractivity contribution in [1.29, 1.82) is 0 Å². The summed E-state index contributed by atoms with van der Waals surface area (Å²) in [7, 11) is 0. The fourth-order valence-corrected chi connectivity index (χ4v) is 3.53. The van der Waals surface area contributed by atoms with Gasteiger partial charge in [-0.05, 0) is 66.7 Å². The molecule has 1 saturated carbocycles. The van der Waals surface area contributed by atoms with Gasteiger partial charge in [0.15, 0.2) is 0 Å². The Labute approximate surface area is 91.1 Å². The van der Waals surface area contributed by atoms with E-state index in [1.54, 1.807) is 0 Å². The van der Waals surface area contributed by atoms with Crippen molar-refractivity contribution in [3.05, 3.63) is 29.3 Å². The molecule has 2 unspecified atom stereocenters. The van der Waals surface area contributed by atoms with Gasteiger partial charge in [-0.3, -0.25) is 0 Å². The van der Waals surface area contributed by atoms with Crippen LogP contribution in [-0.2, 0) is 11.8 Å². The van der Waals surface area contributed by atoms with Gasteiger partial charge in [0.1, 0.15) is 5.75 Å². The van der Waals surface area contributed by atoms with Crippen LogP contribution in [0.1, 0.15) is 43.7 Å². The first-order valence-electron chi connectivity index (χ1n) is 6.05. The topological polar surface area (TPSA) is 20.2 Å². The Morgan fingerprint density at radius 1 is 1.33 bits per heavy atom. The van der Waals surface area contributed by atoms with Crippen LogP contribution in [0.15, 0.2) is 18.2 Å². The predicted octanol–water partition coefficient (Wildman–Crippen LogP) is 3.40. The van der Waals surface area contributed by atoms with Crippen LogP contribution >= 0.6 is 0 Å². The minimum absolute atomic E-state index is 0.423. The van der Waals surface area contributed by atoms with Gasteiger partial charge >= 0.3 is 0 Å². The van der Waals surface area contributed by atoms with Crippen LogP contribution in [0.3, 0.4) is 0 Å². The normalized spacial score (nSPS) is 33.5. The first-order valence-corrected chi connectivity index (χ1v) is 6.05. The fourth-order valence-electron chi connectivity index (χ4n) is 3.53. The molecule has 1 aromatic carbocycles. The number of hydrogen-bond donors (Lipinski definition) is 1. The van der Waals surface area contributed by atoms with Crippen molar-refractivity contribution in [3.8, 4) is 5.75 Å². The number of hydrogen-bond acceptors (Lipinski definition) is 1. The minimum atomic E-state index is 0.423. The number of fused-ring (bicyclic) bond motifs is 2. The van der Waals surface area contributed by atoms with Crippen molar-refractivity contribution >= 4 is 0 Å². The number of benzene rings is 1. The molecule has 0 heterocycles. The van der Waals surface area contributed by atoms with Gasteiger partial charge < -0.3 is 5.11 Å². The molecule has 1 heteroatoms. The highest BCUT2D eigenvalue weighted by Gasteiger charge is 2.47. The first-order chi connectivity index (χ1) is 7.22. The van der Waals surface area contributed by atoms with E-state index in [2.05, 4.69) is 13.0 Å². The highest BCUT2D eigenvalue weighted by Crippen LogP contribution is 2.55.